The van der Waals surface area contributed by atoms with Gasteiger partial charge in [-0.25, -0.2) is 9.48 Å². The van der Waals surface area contributed by atoms with Crippen LogP contribution in [0.4, 0.5) is 11.5 Å². The summed E-state index contributed by atoms with van der Waals surface area (Å²) in [6.45, 7) is 5.49. The zero-order chi connectivity index (χ0) is 20.1. The third-order valence-corrected chi connectivity index (χ3v) is 4.68. The maximum atomic E-state index is 12.5. The summed E-state index contributed by atoms with van der Waals surface area (Å²) in [5.74, 6) is 0.208. The van der Waals surface area contributed by atoms with Crippen molar-refractivity contribution in [3.8, 4) is 5.69 Å². The lowest BCUT2D eigenvalue weighted by atomic mass is 10.2. The zero-order valence-corrected chi connectivity index (χ0v) is 16.3. The van der Waals surface area contributed by atoms with Crippen LogP contribution in [0, 0.1) is 0 Å². The predicted molar refractivity (Wildman–Crippen MR) is 111 cm³/mol. The average Bonchev–Trinajstić information content (AvgIpc) is 3.16. The van der Waals surface area contributed by atoms with Gasteiger partial charge in [0.05, 0.1) is 11.9 Å². The first kappa shape index (κ1) is 19.5. The molecule has 3 rings (SSSR count). The number of unbranched alkanes of at least 4 members (excludes halogenated alkanes) is 1. The molecule has 0 atom stereocenters. The fourth-order valence-corrected chi connectivity index (χ4v) is 3.15. The number of para-hydroxylation sites is 1. The van der Waals surface area contributed by atoms with Crippen LogP contribution < -0.4 is 21.9 Å². The van der Waals surface area contributed by atoms with Crippen molar-refractivity contribution >= 4 is 11.5 Å². The van der Waals surface area contributed by atoms with Crippen LogP contribution in [0.25, 0.3) is 5.69 Å². The summed E-state index contributed by atoms with van der Waals surface area (Å²) < 4.78 is 3.23. The van der Waals surface area contributed by atoms with Gasteiger partial charge in [0.15, 0.2) is 0 Å². The van der Waals surface area contributed by atoms with Gasteiger partial charge < -0.3 is 10.6 Å². The topological polar surface area (TPSA) is 102 Å². The molecular weight excluding hydrogens is 356 g/mol. The van der Waals surface area contributed by atoms with Crippen molar-refractivity contribution in [2.45, 2.75) is 39.8 Å². The van der Waals surface area contributed by atoms with Gasteiger partial charge in [0.1, 0.15) is 11.5 Å². The summed E-state index contributed by atoms with van der Waals surface area (Å²) in [6, 6.07) is 9.81. The van der Waals surface area contributed by atoms with E-state index >= 15 is 0 Å². The highest BCUT2D eigenvalue weighted by atomic mass is 16.2. The Balaban J connectivity index is 1.91. The third kappa shape index (κ3) is 4.00. The van der Waals surface area contributed by atoms with E-state index in [1.807, 2.05) is 55.3 Å². The van der Waals surface area contributed by atoms with E-state index in [0.29, 0.717) is 25.3 Å². The molecule has 3 aromatic rings. The Labute approximate surface area is 163 Å². The number of aromatic amines is 1. The molecule has 28 heavy (non-hydrogen) atoms. The number of anilines is 2. The van der Waals surface area contributed by atoms with Crippen molar-refractivity contribution < 1.29 is 0 Å². The van der Waals surface area contributed by atoms with Gasteiger partial charge in [-0.3, -0.25) is 14.3 Å². The quantitative estimate of drug-likeness (QED) is 0.621. The van der Waals surface area contributed by atoms with Crippen molar-refractivity contribution in [1.82, 2.24) is 19.3 Å². The van der Waals surface area contributed by atoms with Crippen LogP contribution in [-0.2, 0) is 13.1 Å². The molecule has 0 bridgehead atoms. The number of H-pyrrole nitrogens is 1. The van der Waals surface area contributed by atoms with E-state index in [2.05, 4.69) is 10.1 Å². The van der Waals surface area contributed by atoms with Gasteiger partial charge in [-0.1, -0.05) is 31.5 Å². The second-order valence-electron chi connectivity index (χ2n) is 6.64. The molecule has 0 amide bonds. The van der Waals surface area contributed by atoms with Crippen molar-refractivity contribution in [2.75, 3.05) is 17.2 Å². The van der Waals surface area contributed by atoms with E-state index in [-0.39, 0.29) is 5.82 Å². The van der Waals surface area contributed by atoms with Gasteiger partial charge in [-0.2, -0.15) is 5.10 Å². The smallest absolute Gasteiger partial charge is 0.330 e. The Kier molecular flexibility index (Phi) is 5.98. The van der Waals surface area contributed by atoms with Crippen LogP contribution in [0.2, 0.25) is 0 Å². The van der Waals surface area contributed by atoms with Gasteiger partial charge in [0.25, 0.3) is 5.56 Å². The fraction of sp³-hybridized carbons (Fsp3) is 0.350. The average molecular weight is 382 g/mol. The fourth-order valence-electron chi connectivity index (χ4n) is 3.15. The van der Waals surface area contributed by atoms with Gasteiger partial charge in [0.2, 0.25) is 0 Å². The molecule has 3 N–H and O–H groups in total. The molecule has 2 heterocycles. The van der Waals surface area contributed by atoms with E-state index in [0.717, 1.165) is 24.1 Å². The minimum absolute atomic E-state index is 0.208. The van der Waals surface area contributed by atoms with Crippen LogP contribution in [-0.4, -0.2) is 25.9 Å². The molecule has 0 unspecified atom stereocenters. The molecule has 0 aliphatic heterocycles. The number of hydrogen-bond donors (Lipinski definition) is 2. The molecule has 8 nitrogen and oxygen atoms in total. The lowest BCUT2D eigenvalue weighted by Crippen LogP contribution is -2.38. The number of nitrogens with zero attached hydrogens (tertiary/aromatic N) is 4. The highest BCUT2D eigenvalue weighted by molar-refractivity contribution is 5.62. The Bertz CT molecular complexity index is 1030. The van der Waals surface area contributed by atoms with Crippen molar-refractivity contribution in [1.29, 1.82) is 0 Å². The summed E-state index contributed by atoms with van der Waals surface area (Å²) in [5, 5.41) is 4.40. The molecule has 148 valence electrons. The van der Waals surface area contributed by atoms with E-state index < -0.39 is 11.2 Å². The molecule has 0 saturated carbocycles. The summed E-state index contributed by atoms with van der Waals surface area (Å²) in [6.07, 6.45) is 5.44. The summed E-state index contributed by atoms with van der Waals surface area (Å²) >= 11 is 0. The normalized spacial score (nSPS) is 10.9. The largest absolute Gasteiger partial charge is 0.383 e. The molecule has 0 aliphatic carbocycles. The second kappa shape index (κ2) is 8.60. The molecule has 0 radical (unpaired) electrons. The molecule has 0 fully saturated rings. The number of hydrogen-bond acceptors (Lipinski definition) is 5. The molecule has 0 saturated heterocycles. The minimum atomic E-state index is -0.465. The number of rotatable bonds is 8. The lowest BCUT2D eigenvalue weighted by Gasteiger charge is -2.24. The molecule has 0 aliphatic rings. The van der Waals surface area contributed by atoms with Crippen LogP contribution in [0.3, 0.4) is 0 Å². The van der Waals surface area contributed by atoms with Gasteiger partial charge in [0, 0.05) is 31.4 Å². The Morgan fingerprint density at radius 2 is 1.93 bits per heavy atom. The van der Waals surface area contributed by atoms with Crippen LogP contribution in [0.15, 0.2) is 52.3 Å². The van der Waals surface area contributed by atoms with E-state index in [1.54, 1.807) is 10.9 Å². The molecule has 1 aromatic carbocycles. The number of aromatic nitrogens is 4. The van der Waals surface area contributed by atoms with Gasteiger partial charge >= 0.3 is 5.69 Å². The first-order valence-electron chi connectivity index (χ1n) is 9.51. The molecule has 8 heteroatoms. The van der Waals surface area contributed by atoms with E-state index in [1.165, 1.54) is 4.57 Å². The first-order valence-corrected chi connectivity index (χ1v) is 9.51. The Hall–Kier alpha value is -3.29. The van der Waals surface area contributed by atoms with E-state index in [9.17, 15) is 9.59 Å². The summed E-state index contributed by atoms with van der Waals surface area (Å²) in [5.41, 5.74) is 7.53. The van der Waals surface area contributed by atoms with Crippen LogP contribution >= 0.6 is 0 Å². The highest BCUT2D eigenvalue weighted by Gasteiger charge is 2.18. The van der Waals surface area contributed by atoms with Crippen molar-refractivity contribution in [3.63, 3.8) is 0 Å². The number of nitrogens with one attached hydrogen (secondary N) is 1. The Morgan fingerprint density at radius 3 is 2.61 bits per heavy atom. The standard InChI is InChI=1S/C20H26N6O2/c1-3-5-11-25-18(21)17(19(27)23-20(25)28)24(4-2)13-15-12-22-26(14-15)16-9-7-6-8-10-16/h6-10,12,14H,3-5,11,13,21H2,1-2H3,(H,23,27,28). The van der Waals surface area contributed by atoms with Crippen molar-refractivity contribution in [2.24, 2.45) is 0 Å². The number of benzene rings is 1. The molecular formula is C20H26N6O2. The van der Waals surface area contributed by atoms with E-state index in [4.69, 9.17) is 5.73 Å². The second-order valence-corrected chi connectivity index (χ2v) is 6.64. The maximum Gasteiger partial charge on any atom is 0.330 e. The zero-order valence-electron chi connectivity index (χ0n) is 16.3. The van der Waals surface area contributed by atoms with Crippen LogP contribution in [0.1, 0.15) is 32.3 Å². The SMILES string of the molecule is CCCCn1c(N)c(N(CC)Cc2cnn(-c3ccccc3)c2)c(=O)[nH]c1=O. The van der Waals surface area contributed by atoms with Gasteiger partial charge in [-0.05, 0) is 25.5 Å². The summed E-state index contributed by atoms with van der Waals surface area (Å²) in [4.78, 5) is 28.9. The maximum absolute atomic E-state index is 12.5. The van der Waals surface area contributed by atoms with Crippen molar-refractivity contribution in [3.05, 3.63) is 69.1 Å². The molecule has 0 spiro atoms. The molecule has 2 aromatic heterocycles. The minimum Gasteiger partial charge on any atom is -0.383 e. The predicted octanol–water partition coefficient (Wildman–Crippen LogP) is 2.13. The first-order chi connectivity index (χ1) is 13.5. The Morgan fingerprint density at radius 1 is 1.18 bits per heavy atom. The summed E-state index contributed by atoms with van der Waals surface area (Å²) in [7, 11) is 0. The monoisotopic (exact) mass is 382 g/mol. The number of nitrogen functional groups attached to an aromatic ring is 1. The third-order valence-electron chi connectivity index (χ3n) is 4.68. The van der Waals surface area contributed by atoms with Gasteiger partial charge in [-0.15, -0.1) is 0 Å². The lowest BCUT2D eigenvalue weighted by molar-refractivity contribution is 0.602. The highest BCUT2D eigenvalue weighted by Crippen LogP contribution is 2.19. The van der Waals surface area contributed by atoms with Crippen LogP contribution in [0.5, 0.6) is 0 Å². The number of nitrogens with two attached hydrogens (primary N) is 1.